The molecule has 6 nitrogen and oxygen atoms in total. The molecular formula is C25H20N4O2. The maximum atomic E-state index is 13.4. The molecule has 0 saturated heterocycles. The zero-order chi connectivity index (χ0) is 21.2. The number of rotatable bonds is 4. The molecule has 4 aromatic rings. The maximum Gasteiger partial charge on any atom is 0.274 e. The van der Waals surface area contributed by atoms with Gasteiger partial charge in [0.05, 0.1) is 29.9 Å². The van der Waals surface area contributed by atoms with Gasteiger partial charge >= 0.3 is 0 Å². The lowest BCUT2D eigenvalue weighted by molar-refractivity contribution is 0.0711. The van der Waals surface area contributed by atoms with Gasteiger partial charge in [-0.1, -0.05) is 36.4 Å². The molecule has 6 heteroatoms. The quantitative estimate of drug-likeness (QED) is 0.494. The van der Waals surface area contributed by atoms with Crippen LogP contribution in [0.3, 0.4) is 0 Å². The Labute approximate surface area is 179 Å². The fourth-order valence-corrected chi connectivity index (χ4v) is 3.82. The normalized spacial score (nSPS) is 15.7. The van der Waals surface area contributed by atoms with Crippen molar-refractivity contribution in [2.24, 2.45) is 5.10 Å². The average molecular weight is 408 g/mol. The van der Waals surface area contributed by atoms with Gasteiger partial charge in [-0.05, 0) is 47.5 Å². The van der Waals surface area contributed by atoms with Crippen molar-refractivity contribution in [3.05, 3.63) is 102 Å². The molecule has 2 heterocycles. The van der Waals surface area contributed by atoms with E-state index in [0.717, 1.165) is 27.9 Å². The van der Waals surface area contributed by atoms with E-state index >= 15 is 0 Å². The van der Waals surface area contributed by atoms with Gasteiger partial charge in [-0.3, -0.25) is 14.8 Å². The summed E-state index contributed by atoms with van der Waals surface area (Å²) in [5.41, 5.74) is 5.05. The van der Waals surface area contributed by atoms with E-state index in [2.05, 4.69) is 9.97 Å². The van der Waals surface area contributed by atoms with Crippen molar-refractivity contribution in [1.29, 1.82) is 0 Å². The molecule has 5 rings (SSSR count). The standard InChI is InChI=1S/C25H20N4O2/c1-31-20-10-7-18(8-11-20)25(30)29-24(16-22(28-29)17-5-3-2-4-6-17)19-9-12-21-23(15-19)27-14-13-26-21/h2-15,24H,16H2,1H3. The largest absolute Gasteiger partial charge is 0.497 e. The van der Waals surface area contributed by atoms with Crippen LogP contribution in [0, 0.1) is 0 Å². The number of hydrazone groups is 1. The molecule has 0 saturated carbocycles. The summed E-state index contributed by atoms with van der Waals surface area (Å²) < 4.78 is 5.22. The number of nitrogens with zero attached hydrogens (tertiary/aromatic N) is 4. The van der Waals surface area contributed by atoms with Crippen LogP contribution in [0.1, 0.15) is 33.9 Å². The average Bonchev–Trinajstić information content (AvgIpc) is 3.29. The van der Waals surface area contributed by atoms with Gasteiger partial charge < -0.3 is 4.74 Å². The second-order valence-corrected chi connectivity index (χ2v) is 7.32. The Balaban J connectivity index is 1.55. The van der Waals surface area contributed by atoms with Gasteiger partial charge in [-0.2, -0.15) is 5.10 Å². The van der Waals surface area contributed by atoms with Crippen molar-refractivity contribution in [2.75, 3.05) is 7.11 Å². The Kier molecular flexibility index (Phi) is 4.88. The first-order valence-electron chi connectivity index (χ1n) is 10.0. The van der Waals surface area contributed by atoms with Gasteiger partial charge in [0.2, 0.25) is 0 Å². The third-order valence-electron chi connectivity index (χ3n) is 5.44. The summed E-state index contributed by atoms with van der Waals surface area (Å²) in [7, 11) is 1.60. The van der Waals surface area contributed by atoms with Crippen LogP contribution in [0.15, 0.2) is 90.3 Å². The number of carbonyl (C=O) groups is 1. The monoisotopic (exact) mass is 408 g/mol. The van der Waals surface area contributed by atoms with E-state index in [9.17, 15) is 4.79 Å². The van der Waals surface area contributed by atoms with Crippen molar-refractivity contribution in [3.63, 3.8) is 0 Å². The Morgan fingerprint density at radius 2 is 1.68 bits per heavy atom. The lowest BCUT2D eigenvalue weighted by Crippen LogP contribution is -2.27. The van der Waals surface area contributed by atoms with E-state index in [1.54, 1.807) is 48.8 Å². The number of carbonyl (C=O) groups excluding carboxylic acids is 1. The molecule has 1 aliphatic rings. The number of amides is 1. The van der Waals surface area contributed by atoms with Crippen LogP contribution in [-0.2, 0) is 0 Å². The summed E-state index contributed by atoms with van der Waals surface area (Å²) >= 11 is 0. The number of ether oxygens (including phenoxy) is 1. The first kappa shape index (κ1) is 18.9. The summed E-state index contributed by atoms with van der Waals surface area (Å²) in [6, 6.07) is 22.8. The second-order valence-electron chi connectivity index (χ2n) is 7.32. The Morgan fingerprint density at radius 1 is 0.935 bits per heavy atom. The summed E-state index contributed by atoms with van der Waals surface area (Å²) in [6.45, 7) is 0. The van der Waals surface area contributed by atoms with Crippen molar-refractivity contribution in [2.45, 2.75) is 12.5 Å². The molecule has 31 heavy (non-hydrogen) atoms. The number of hydrogen-bond acceptors (Lipinski definition) is 5. The van der Waals surface area contributed by atoms with E-state index in [-0.39, 0.29) is 11.9 Å². The van der Waals surface area contributed by atoms with Crippen LogP contribution < -0.4 is 4.74 Å². The lowest BCUT2D eigenvalue weighted by atomic mass is 9.97. The van der Waals surface area contributed by atoms with E-state index in [1.165, 1.54) is 0 Å². The zero-order valence-corrected chi connectivity index (χ0v) is 17.0. The third-order valence-corrected chi connectivity index (χ3v) is 5.44. The highest BCUT2D eigenvalue weighted by molar-refractivity contribution is 6.05. The summed E-state index contributed by atoms with van der Waals surface area (Å²) in [5, 5.41) is 6.33. The molecule has 0 fully saturated rings. The van der Waals surface area contributed by atoms with Crippen LogP contribution in [0.25, 0.3) is 11.0 Å². The molecule has 1 unspecified atom stereocenters. The molecule has 0 N–H and O–H groups in total. The zero-order valence-electron chi connectivity index (χ0n) is 17.0. The first-order valence-corrected chi connectivity index (χ1v) is 10.0. The van der Waals surface area contributed by atoms with E-state index in [4.69, 9.17) is 9.84 Å². The van der Waals surface area contributed by atoms with Crippen LogP contribution in [-0.4, -0.2) is 33.7 Å². The Morgan fingerprint density at radius 3 is 2.42 bits per heavy atom. The fraction of sp³-hybridized carbons (Fsp3) is 0.120. The predicted octanol–water partition coefficient (Wildman–Crippen LogP) is 4.63. The SMILES string of the molecule is COc1ccc(C(=O)N2N=C(c3ccccc3)CC2c2ccc3nccnc3c2)cc1. The van der Waals surface area contributed by atoms with E-state index < -0.39 is 0 Å². The number of fused-ring (bicyclic) bond motifs is 1. The van der Waals surface area contributed by atoms with Crippen LogP contribution >= 0.6 is 0 Å². The number of methoxy groups -OCH3 is 1. The maximum absolute atomic E-state index is 13.4. The van der Waals surface area contributed by atoms with Crippen molar-refractivity contribution < 1.29 is 9.53 Å². The number of hydrogen-bond donors (Lipinski definition) is 0. The van der Waals surface area contributed by atoms with Gasteiger partial charge in [0, 0.05) is 24.4 Å². The summed E-state index contributed by atoms with van der Waals surface area (Å²) in [6.07, 6.45) is 3.97. The molecule has 0 radical (unpaired) electrons. The second kappa shape index (κ2) is 7.99. The molecule has 1 aliphatic heterocycles. The highest BCUT2D eigenvalue weighted by Gasteiger charge is 2.33. The van der Waals surface area contributed by atoms with Gasteiger partial charge in [0.25, 0.3) is 5.91 Å². The molecule has 152 valence electrons. The van der Waals surface area contributed by atoms with Gasteiger partial charge in [-0.15, -0.1) is 0 Å². The van der Waals surface area contributed by atoms with Crippen LogP contribution in [0.5, 0.6) is 5.75 Å². The lowest BCUT2D eigenvalue weighted by Gasteiger charge is -2.22. The van der Waals surface area contributed by atoms with Crippen molar-refractivity contribution in [1.82, 2.24) is 15.0 Å². The predicted molar refractivity (Wildman–Crippen MR) is 119 cm³/mol. The highest BCUT2D eigenvalue weighted by atomic mass is 16.5. The van der Waals surface area contributed by atoms with Crippen molar-refractivity contribution >= 4 is 22.7 Å². The Bertz CT molecular complexity index is 1270. The molecule has 1 atom stereocenters. The van der Waals surface area contributed by atoms with Crippen molar-refractivity contribution in [3.8, 4) is 5.75 Å². The first-order chi connectivity index (χ1) is 15.2. The minimum absolute atomic E-state index is 0.155. The topological polar surface area (TPSA) is 67.7 Å². The molecule has 1 aromatic heterocycles. The fourth-order valence-electron chi connectivity index (χ4n) is 3.82. The molecule has 0 spiro atoms. The number of aromatic nitrogens is 2. The minimum Gasteiger partial charge on any atom is -0.497 e. The number of benzene rings is 3. The summed E-state index contributed by atoms with van der Waals surface area (Å²) in [4.78, 5) is 22.2. The van der Waals surface area contributed by atoms with E-state index in [1.807, 2.05) is 48.5 Å². The Hall–Kier alpha value is -4.06. The van der Waals surface area contributed by atoms with Crippen LogP contribution in [0.2, 0.25) is 0 Å². The molecular weight excluding hydrogens is 388 g/mol. The van der Waals surface area contributed by atoms with Gasteiger partial charge in [0.1, 0.15) is 5.75 Å². The van der Waals surface area contributed by atoms with Crippen LogP contribution in [0.4, 0.5) is 0 Å². The molecule has 3 aromatic carbocycles. The van der Waals surface area contributed by atoms with E-state index in [0.29, 0.717) is 17.7 Å². The third kappa shape index (κ3) is 3.64. The molecule has 0 bridgehead atoms. The summed E-state index contributed by atoms with van der Waals surface area (Å²) in [5.74, 6) is 0.550. The molecule has 1 amide bonds. The highest BCUT2D eigenvalue weighted by Crippen LogP contribution is 2.35. The minimum atomic E-state index is -0.226. The smallest absolute Gasteiger partial charge is 0.274 e. The molecule has 0 aliphatic carbocycles. The van der Waals surface area contributed by atoms with Gasteiger partial charge in [-0.25, -0.2) is 5.01 Å². The van der Waals surface area contributed by atoms with Gasteiger partial charge in [0.15, 0.2) is 0 Å².